The summed E-state index contributed by atoms with van der Waals surface area (Å²) in [6.45, 7) is 2.14. The molecule has 8 heteroatoms. The second-order valence-corrected chi connectivity index (χ2v) is 7.60. The fourth-order valence-corrected chi connectivity index (χ4v) is 4.36. The quantitative estimate of drug-likeness (QED) is 0.605. The van der Waals surface area contributed by atoms with E-state index >= 15 is 0 Å². The molecule has 3 aliphatic heterocycles. The van der Waals surface area contributed by atoms with Gasteiger partial charge in [0.2, 0.25) is 11.8 Å². The van der Waals surface area contributed by atoms with E-state index in [9.17, 15) is 19.5 Å². The number of nitrogens with two attached hydrogens (primary N) is 1. The number of benzene rings is 1. The summed E-state index contributed by atoms with van der Waals surface area (Å²) in [6.07, 6.45) is 0.946. The SMILES string of the molecule is NC[C@@H]1C[C@@H](O)CN1Cc1ccc2c(c1)CN(C1CCC(=O)NC1=O)C2=O. The molecule has 2 fully saturated rings. The lowest BCUT2D eigenvalue weighted by atomic mass is 10.0. The molecule has 3 heterocycles. The lowest BCUT2D eigenvalue weighted by molar-refractivity contribution is -0.136. The first kappa shape index (κ1) is 18.1. The number of carbonyl (C=O) groups excluding carboxylic acids is 3. The van der Waals surface area contributed by atoms with Crippen molar-refractivity contribution in [2.45, 2.75) is 50.5 Å². The van der Waals surface area contributed by atoms with Crippen molar-refractivity contribution >= 4 is 17.7 Å². The number of hydrogen-bond donors (Lipinski definition) is 3. The van der Waals surface area contributed by atoms with E-state index in [-0.39, 0.29) is 30.4 Å². The van der Waals surface area contributed by atoms with Crippen molar-refractivity contribution in [3.8, 4) is 0 Å². The van der Waals surface area contributed by atoms with E-state index < -0.39 is 11.9 Å². The summed E-state index contributed by atoms with van der Waals surface area (Å²) in [4.78, 5) is 39.9. The molecule has 2 saturated heterocycles. The van der Waals surface area contributed by atoms with Crippen LogP contribution in [0.3, 0.4) is 0 Å². The van der Waals surface area contributed by atoms with Crippen LogP contribution in [0.5, 0.6) is 0 Å². The normalized spacial score (nSPS) is 28.6. The molecular weight excluding hydrogens is 348 g/mol. The van der Waals surface area contributed by atoms with E-state index in [4.69, 9.17) is 5.73 Å². The van der Waals surface area contributed by atoms with Crippen molar-refractivity contribution in [3.05, 3.63) is 34.9 Å². The number of carbonyl (C=O) groups is 3. The Kier molecular flexibility index (Phi) is 4.71. The van der Waals surface area contributed by atoms with Crippen LogP contribution in [0.15, 0.2) is 18.2 Å². The third-order valence-corrected chi connectivity index (χ3v) is 5.75. The Morgan fingerprint density at radius 3 is 2.81 bits per heavy atom. The van der Waals surface area contributed by atoms with Crippen molar-refractivity contribution < 1.29 is 19.5 Å². The molecule has 1 aromatic rings. The number of rotatable bonds is 4. The molecule has 0 saturated carbocycles. The van der Waals surface area contributed by atoms with Crippen LogP contribution in [0.1, 0.15) is 40.7 Å². The molecule has 27 heavy (non-hydrogen) atoms. The van der Waals surface area contributed by atoms with Gasteiger partial charge in [-0.1, -0.05) is 12.1 Å². The molecule has 0 aliphatic carbocycles. The number of fused-ring (bicyclic) bond motifs is 1. The molecule has 1 unspecified atom stereocenters. The second-order valence-electron chi connectivity index (χ2n) is 7.60. The minimum absolute atomic E-state index is 0.162. The number of hydrogen-bond acceptors (Lipinski definition) is 6. The van der Waals surface area contributed by atoms with Gasteiger partial charge < -0.3 is 15.7 Å². The van der Waals surface area contributed by atoms with Gasteiger partial charge in [-0.2, -0.15) is 0 Å². The largest absolute Gasteiger partial charge is 0.392 e. The maximum absolute atomic E-state index is 12.7. The molecule has 4 N–H and O–H groups in total. The Balaban J connectivity index is 1.49. The van der Waals surface area contributed by atoms with Crippen LogP contribution in [0.25, 0.3) is 0 Å². The standard InChI is InChI=1S/C19H24N4O4/c20-7-13-6-14(24)10-22(13)8-11-1-2-15-12(5-11)9-23(19(15)27)16-3-4-17(25)21-18(16)26/h1-2,5,13-14,16,24H,3-4,6-10,20H2,(H,21,25,26)/t13-,14+,16?/m0/s1. The van der Waals surface area contributed by atoms with Crippen molar-refractivity contribution in [2.75, 3.05) is 13.1 Å². The van der Waals surface area contributed by atoms with Crippen LogP contribution >= 0.6 is 0 Å². The first-order valence-corrected chi connectivity index (χ1v) is 9.35. The van der Waals surface area contributed by atoms with Crippen LogP contribution in [-0.2, 0) is 22.7 Å². The number of nitrogens with one attached hydrogen (secondary N) is 1. The Morgan fingerprint density at radius 2 is 2.07 bits per heavy atom. The average Bonchev–Trinajstić information content (AvgIpc) is 3.14. The van der Waals surface area contributed by atoms with Gasteiger partial charge in [-0.3, -0.25) is 24.6 Å². The molecule has 0 bridgehead atoms. The fourth-order valence-electron chi connectivity index (χ4n) is 4.36. The molecule has 4 rings (SSSR count). The highest BCUT2D eigenvalue weighted by Crippen LogP contribution is 2.29. The van der Waals surface area contributed by atoms with Gasteiger partial charge in [0.25, 0.3) is 5.91 Å². The van der Waals surface area contributed by atoms with Crippen molar-refractivity contribution in [3.63, 3.8) is 0 Å². The number of aliphatic hydroxyl groups is 1. The lowest BCUT2D eigenvalue weighted by Crippen LogP contribution is -2.52. The Hall–Kier alpha value is -2.29. The summed E-state index contributed by atoms with van der Waals surface area (Å²) in [7, 11) is 0. The monoisotopic (exact) mass is 372 g/mol. The van der Waals surface area contributed by atoms with Gasteiger partial charge in [0.05, 0.1) is 6.10 Å². The third kappa shape index (κ3) is 3.36. The molecule has 3 atom stereocenters. The maximum Gasteiger partial charge on any atom is 0.255 e. The number of aliphatic hydroxyl groups excluding tert-OH is 1. The molecule has 1 aromatic carbocycles. The minimum atomic E-state index is -0.596. The van der Waals surface area contributed by atoms with Crippen LogP contribution in [0.2, 0.25) is 0 Å². The molecule has 3 aliphatic rings. The molecule has 0 spiro atoms. The zero-order valence-electron chi connectivity index (χ0n) is 15.1. The highest BCUT2D eigenvalue weighted by Gasteiger charge is 2.39. The molecular formula is C19H24N4O4. The smallest absolute Gasteiger partial charge is 0.255 e. The van der Waals surface area contributed by atoms with Crippen molar-refractivity contribution in [1.82, 2.24) is 15.1 Å². The minimum Gasteiger partial charge on any atom is -0.392 e. The summed E-state index contributed by atoms with van der Waals surface area (Å²) in [6, 6.07) is 5.29. The fraction of sp³-hybridized carbons (Fsp3) is 0.526. The van der Waals surface area contributed by atoms with Gasteiger partial charge in [-0.15, -0.1) is 0 Å². The van der Waals surface area contributed by atoms with Crippen LogP contribution in [0, 0.1) is 0 Å². The summed E-state index contributed by atoms with van der Waals surface area (Å²) in [5.74, 6) is -0.850. The van der Waals surface area contributed by atoms with Gasteiger partial charge in [0, 0.05) is 44.2 Å². The molecule has 0 aromatic heterocycles. The van der Waals surface area contributed by atoms with E-state index in [1.54, 1.807) is 4.90 Å². The highest BCUT2D eigenvalue weighted by atomic mass is 16.3. The predicted molar refractivity (Wildman–Crippen MR) is 96.4 cm³/mol. The molecule has 0 radical (unpaired) electrons. The van der Waals surface area contributed by atoms with E-state index in [0.717, 1.165) is 11.1 Å². The number of imide groups is 1. The lowest BCUT2D eigenvalue weighted by Gasteiger charge is -2.29. The van der Waals surface area contributed by atoms with Crippen LogP contribution in [-0.4, -0.2) is 63.9 Å². The molecule has 3 amide bonds. The van der Waals surface area contributed by atoms with Gasteiger partial charge in [0.1, 0.15) is 6.04 Å². The van der Waals surface area contributed by atoms with E-state index in [1.165, 1.54) is 0 Å². The number of amides is 3. The molecule has 144 valence electrons. The van der Waals surface area contributed by atoms with Crippen LogP contribution < -0.4 is 11.1 Å². The summed E-state index contributed by atoms with van der Waals surface area (Å²) >= 11 is 0. The van der Waals surface area contributed by atoms with E-state index in [0.29, 0.717) is 44.6 Å². The first-order chi connectivity index (χ1) is 13.0. The topological polar surface area (TPSA) is 116 Å². The van der Waals surface area contributed by atoms with Crippen molar-refractivity contribution in [2.24, 2.45) is 5.73 Å². The predicted octanol–water partition coefficient (Wildman–Crippen LogP) is -0.658. The number of nitrogens with zero attached hydrogens (tertiary/aromatic N) is 2. The summed E-state index contributed by atoms with van der Waals surface area (Å²) in [5.41, 5.74) is 8.37. The number of piperidine rings is 1. The Morgan fingerprint density at radius 1 is 1.26 bits per heavy atom. The van der Waals surface area contributed by atoms with Crippen molar-refractivity contribution in [1.29, 1.82) is 0 Å². The van der Waals surface area contributed by atoms with Gasteiger partial charge in [0.15, 0.2) is 0 Å². The van der Waals surface area contributed by atoms with E-state index in [1.807, 2.05) is 18.2 Å². The maximum atomic E-state index is 12.7. The third-order valence-electron chi connectivity index (χ3n) is 5.75. The second kappa shape index (κ2) is 7.03. The Labute approximate surface area is 157 Å². The number of β-amino-alcohol motifs (C(OH)–C–C–N with tert-alkyl or cyclic N) is 1. The van der Waals surface area contributed by atoms with Gasteiger partial charge in [-0.05, 0) is 30.0 Å². The molecule has 8 nitrogen and oxygen atoms in total. The van der Waals surface area contributed by atoms with Gasteiger partial charge >= 0.3 is 0 Å². The van der Waals surface area contributed by atoms with E-state index in [2.05, 4.69) is 10.2 Å². The van der Waals surface area contributed by atoms with Crippen LogP contribution in [0.4, 0.5) is 0 Å². The number of likely N-dealkylation sites (tertiary alicyclic amines) is 1. The average molecular weight is 372 g/mol. The first-order valence-electron chi connectivity index (χ1n) is 9.35. The van der Waals surface area contributed by atoms with Gasteiger partial charge in [-0.25, -0.2) is 0 Å². The Bertz CT molecular complexity index is 796. The summed E-state index contributed by atoms with van der Waals surface area (Å²) < 4.78 is 0. The zero-order valence-corrected chi connectivity index (χ0v) is 15.1. The highest BCUT2D eigenvalue weighted by molar-refractivity contribution is 6.05. The summed E-state index contributed by atoms with van der Waals surface area (Å²) in [5, 5.41) is 12.2. The zero-order chi connectivity index (χ0) is 19.1.